The molecule has 130 valence electrons. The summed E-state index contributed by atoms with van der Waals surface area (Å²) in [4.78, 5) is 0. The second-order valence-corrected chi connectivity index (χ2v) is 6.20. The maximum atomic E-state index is 6.05. The van der Waals surface area contributed by atoms with Crippen molar-refractivity contribution >= 4 is 0 Å². The Morgan fingerprint density at radius 3 is 2.46 bits per heavy atom. The first-order valence-electron chi connectivity index (χ1n) is 8.74. The van der Waals surface area contributed by atoms with Crippen molar-refractivity contribution in [2.24, 2.45) is 5.73 Å². The van der Waals surface area contributed by atoms with Crippen LogP contribution in [0.25, 0.3) is 0 Å². The predicted molar refractivity (Wildman–Crippen MR) is 100 cm³/mol. The molecule has 0 aromatic heterocycles. The molecule has 3 heteroatoms. The topological polar surface area (TPSA) is 44.5 Å². The van der Waals surface area contributed by atoms with Crippen LogP contribution >= 0.6 is 0 Å². The number of nitrogens with two attached hydrogens (primary N) is 1. The van der Waals surface area contributed by atoms with E-state index in [-0.39, 0.29) is 5.92 Å². The molecule has 0 radical (unpaired) electrons. The van der Waals surface area contributed by atoms with E-state index in [0.717, 1.165) is 36.3 Å². The summed E-state index contributed by atoms with van der Waals surface area (Å²) in [7, 11) is 1.70. The molecular weight excluding hydrogens is 298 g/mol. The minimum atomic E-state index is 0.269. The molecule has 0 aliphatic heterocycles. The molecule has 0 bridgehead atoms. The van der Waals surface area contributed by atoms with Crippen molar-refractivity contribution < 1.29 is 9.47 Å². The summed E-state index contributed by atoms with van der Waals surface area (Å²) in [6.45, 7) is 5.58. The Hall–Kier alpha value is -2.00. The van der Waals surface area contributed by atoms with Crippen molar-refractivity contribution in [2.75, 3.05) is 20.3 Å². The molecule has 0 saturated heterocycles. The fourth-order valence-corrected chi connectivity index (χ4v) is 2.84. The van der Waals surface area contributed by atoms with Gasteiger partial charge in [-0.25, -0.2) is 0 Å². The quantitative estimate of drug-likeness (QED) is 0.691. The van der Waals surface area contributed by atoms with Crippen LogP contribution in [0.15, 0.2) is 42.5 Å². The summed E-state index contributed by atoms with van der Waals surface area (Å²) < 4.78 is 11.5. The van der Waals surface area contributed by atoms with Crippen LogP contribution in [-0.4, -0.2) is 20.3 Å². The Bertz CT molecular complexity index is 622. The summed E-state index contributed by atoms with van der Waals surface area (Å²) in [6, 6.07) is 14.7. The fourth-order valence-electron chi connectivity index (χ4n) is 2.84. The first-order chi connectivity index (χ1) is 11.7. The Kier molecular flexibility index (Phi) is 7.13. The molecule has 2 aromatic carbocycles. The highest BCUT2D eigenvalue weighted by Gasteiger charge is 2.16. The molecule has 1 atom stereocenters. The number of ether oxygens (including phenoxy) is 2. The highest BCUT2D eigenvalue weighted by Crippen LogP contribution is 2.34. The van der Waals surface area contributed by atoms with Gasteiger partial charge in [0.15, 0.2) is 11.5 Å². The minimum absolute atomic E-state index is 0.269. The second kappa shape index (κ2) is 9.33. The summed E-state index contributed by atoms with van der Waals surface area (Å²) in [5.74, 6) is 1.92. The first kappa shape index (κ1) is 18.3. The zero-order chi connectivity index (χ0) is 17.4. The van der Waals surface area contributed by atoms with Crippen LogP contribution in [0.2, 0.25) is 0 Å². The summed E-state index contributed by atoms with van der Waals surface area (Å²) >= 11 is 0. The van der Waals surface area contributed by atoms with E-state index in [0.29, 0.717) is 13.2 Å². The normalized spacial score (nSPS) is 12.0. The van der Waals surface area contributed by atoms with Crippen LogP contribution < -0.4 is 15.2 Å². The number of unbranched alkanes of at least 4 members (excludes halogenated alkanes) is 1. The number of aryl methyl sites for hydroxylation is 1. The van der Waals surface area contributed by atoms with Crippen molar-refractivity contribution in [2.45, 2.75) is 39.0 Å². The molecule has 2 rings (SSSR count). The predicted octanol–water partition coefficient (Wildman–Crippen LogP) is 4.47. The maximum Gasteiger partial charge on any atom is 0.163 e. The van der Waals surface area contributed by atoms with Crippen molar-refractivity contribution in [3.8, 4) is 11.5 Å². The van der Waals surface area contributed by atoms with Gasteiger partial charge in [0.25, 0.3) is 0 Å². The summed E-state index contributed by atoms with van der Waals surface area (Å²) in [5, 5.41) is 0. The van der Waals surface area contributed by atoms with Crippen LogP contribution in [0.3, 0.4) is 0 Å². The van der Waals surface area contributed by atoms with E-state index in [4.69, 9.17) is 15.2 Å². The molecule has 0 saturated carbocycles. The summed E-state index contributed by atoms with van der Waals surface area (Å²) in [5.41, 5.74) is 9.72. The van der Waals surface area contributed by atoms with Crippen molar-refractivity contribution in [3.63, 3.8) is 0 Å². The molecule has 0 spiro atoms. The average molecular weight is 327 g/mol. The van der Waals surface area contributed by atoms with Gasteiger partial charge in [-0.1, -0.05) is 55.3 Å². The number of benzene rings is 2. The third kappa shape index (κ3) is 4.75. The molecule has 2 aromatic rings. The monoisotopic (exact) mass is 327 g/mol. The van der Waals surface area contributed by atoms with Crippen molar-refractivity contribution in [1.29, 1.82) is 0 Å². The zero-order valence-electron chi connectivity index (χ0n) is 15.0. The SMILES string of the molecule is CCCCOc1cccc(CC(CN)c2ccc(C)cc2)c1OC. The van der Waals surface area contributed by atoms with Gasteiger partial charge in [0.1, 0.15) is 0 Å². The first-order valence-corrected chi connectivity index (χ1v) is 8.74. The number of methoxy groups -OCH3 is 1. The van der Waals surface area contributed by atoms with Gasteiger partial charge in [-0.15, -0.1) is 0 Å². The molecule has 0 heterocycles. The molecule has 24 heavy (non-hydrogen) atoms. The summed E-state index contributed by atoms with van der Waals surface area (Å²) in [6.07, 6.45) is 3.00. The number of para-hydroxylation sites is 1. The molecular formula is C21H29NO2. The van der Waals surface area contributed by atoms with E-state index >= 15 is 0 Å². The van der Waals surface area contributed by atoms with Gasteiger partial charge in [-0.05, 0) is 43.5 Å². The van der Waals surface area contributed by atoms with Gasteiger partial charge in [-0.2, -0.15) is 0 Å². The Morgan fingerprint density at radius 2 is 1.83 bits per heavy atom. The van der Waals surface area contributed by atoms with E-state index in [1.165, 1.54) is 11.1 Å². The molecule has 0 aliphatic rings. The molecule has 3 nitrogen and oxygen atoms in total. The number of hydrogen-bond acceptors (Lipinski definition) is 3. The van der Waals surface area contributed by atoms with E-state index < -0.39 is 0 Å². The smallest absolute Gasteiger partial charge is 0.163 e. The molecule has 1 unspecified atom stereocenters. The van der Waals surface area contributed by atoms with Gasteiger partial charge < -0.3 is 15.2 Å². The van der Waals surface area contributed by atoms with E-state index in [9.17, 15) is 0 Å². The van der Waals surface area contributed by atoms with E-state index in [2.05, 4.69) is 44.2 Å². The van der Waals surface area contributed by atoms with E-state index in [1.54, 1.807) is 7.11 Å². The number of hydrogen-bond donors (Lipinski definition) is 1. The number of rotatable bonds is 9. The van der Waals surface area contributed by atoms with Crippen molar-refractivity contribution in [3.05, 3.63) is 59.2 Å². The van der Waals surface area contributed by atoms with Gasteiger partial charge in [0.05, 0.1) is 13.7 Å². The highest BCUT2D eigenvalue weighted by molar-refractivity contribution is 5.47. The van der Waals surface area contributed by atoms with Crippen LogP contribution in [0.1, 0.15) is 42.4 Å². The van der Waals surface area contributed by atoms with E-state index in [1.807, 2.05) is 12.1 Å². The lowest BCUT2D eigenvalue weighted by molar-refractivity contribution is 0.287. The van der Waals surface area contributed by atoms with Crippen LogP contribution in [0.5, 0.6) is 11.5 Å². The van der Waals surface area contributed by atoms with Crippen molar-refractivity contribution in [1.82, 2.24) is 0 Å². The third-order valence-electron chi connectivity index (χ3n) is 4.32. The average Bonchev–Trinajstić information content (AvgIpc) is 2.61. The largest absolute Gasteiger partial charge is 0.493 e. The van der Waals surface area contributed by atoms with Gasteiger partial charge in [-0.3, -0.25) is 0 Å². The molecule has 0 aliphatic carbocycles. The molecule has 0 amide bonds. The van der Waals surface area contributed by atoms with Crippen LogP contribution in [0.4, 0.5) is 0 Å². The standard InChI is InChI=1S/C21H29NO2/c1-4-5-13-24-20-8-6-7-18(21(20)23-3)14-19(15-22)17-11-9-16(2)10-12-17/h6-12,19H,4-5,13-15,22H2,1-3H3. The Balaban J connectivity index is 2.20. The molecule has 0 fully saturated rings. The fraction of sp³-hybridized carbons (Fsp3) is 0.429. The lowest BCUT2D eigenvalue weighted by atomic mass is 9.91. The van der Waals surface area contributed by atoms with Crippen LogP contribution in [-0.2, 0) is 6.42 Å². The maximum absolute atomic E-state index is 6.05. The van der Waals surface area contributed by atoms with Gasteiger partial charge in [0.2, 0.25) is 0 Å². The third-order valence-corrected chi connectivity index (χ3v) is 4.32. The molecule has 2 N–H and O–H groups in total. The Morgan fingerprint density at radius 1 is 1.08 bits per heavy atom. The minimum Gasteiger partial charge on any atom is -0.493 e. The lowest BCUT2D eigenvalue weighted by Gasteiger charge is -2.19. The second-order valence-electron chi connectivity index (χ2n) is 6.20. The Labute approximate surface area is 145 Å². The highest BCUT2D eigenvalue weighted by atomic mass is 16.5. The lowest BCUT2D eigenvalue weighted by Crippen LogP contribution is -2.15. The van der Waals surface area contributed by atoms with Gasteiger partial charge >= 0.3 is 0 Å². The van der Waals surface area contributed by atoms with Crippen LogP contribution in [0, 0.1) is 6.92 Å². The van der Waals surface area contributed by atoms with Gasteiger partial charge in [0, 0.05) is 5.92 Å². The zero-order valence-corrected chi connectivity index (χ0v) is 15.0.